The molecule has 0 aromatic heterocycles. The maximum absolute atomic E-state index is 9.73. The molecule has 0 unspecified atom stereocenters. The highest BCUT2D eigenvalue weighted by molar-refractivity contribution is 5.66. The molecule has 0 aliphatic carbocycles. The fourth-order valence-corrected chi connectivity index (χ4v) is 0.391. The molecule has 0 saturated carbocycles. The molecule has 0 aliphatic rings. The smallest absolute Gasteiger partial charge is 0.247 e. The molecule has 0 rings (SSSR count). The molecule has 0 amide bonds. The van der Waals surface area contributed by atoms with Crippen molar-refractivity contribution in [2.24, 2.45) is 0 Å². The molecular formula is C6H9O2. The zero-order chi connectivity index (χ0) is 6.41. The number of carbonyl (C=O) groups is 1. The second-order valence-corrected chi connectivity index (χ2v) is 1.55. The maximum atomic E-state index is 9.73. The fraction of sp³-hybridized carbons (Fsp3) is 0.500. The number of carbonyl (C=O) groups excluding carboxylic acids is 1. The molecule has 0 aromatic carbocycles. The first-order chi connectivity index (χ1) is 3.77. The van der Waals surface area contributed by atoms with E-state index in [-0.39, 0.29) is 6.42 Å². The van der Waals surface area contributed by atoms with Gasteiger partial charge in [0.2, 0.25) is 0 Å². The van der Waals surface area contributed by atoms with E-state index >= 15 is 0 Å². The second kappa shape index (κ2) is 4.37. The molecule has 2 heteroatoms. The minimum atomic E-state index is -0.980. The molecular weight excluding hydrogens is 104 g/mol. The van der Waals surface area contributed by atoms with E-state index in [1.807, 2.05) is 0 Å². The van der Waals surface area contributed by atoms with Crippen LogP contribution >= 0.6 is 0 Å². The van der Waals surface area contributed by atoms with E-state index in [1.165, 1.54) is 0 Å². The van der Waals surface area contributed by atoms with Gasteiger partial charge in [0.25, 0.3) is 0 Å². The molecule has 0 N–H and O–H groups in total. The lowest BCUT2D eigenvalue weighted by molar-refractivity contribution is -0.143. The lowest BCUT2D eigenvalue weighted by atomic mass is 10.2. The molecule has 0 fully saturated rings. The molecule has 45 valence electrons. The summed E-state index contributed by atoms with van der Waals surface area (Å²) >= 11 is 0. The van der Waals surface area contributed by atoms with Gasteiger partial charge in [0.15, 0.2) is 0 Å². The van der Waals surface area contributed by atoms with Crippen molar-refractivity contribution >= 4 is 5.97 Å². The monoisotopic (exact) mass is 113 g/mol. The number of hydrogen-bond acceptors (Lipinski definition) is 1. The summed E-state index contributed by atoms with van der Waals surface area (Å²) in [6, 6.07) is 0. The highest BCUT2D eigenvalue weighted by atomic mass is 16.4. The van der Waals surface area contributed by atoms with Gasteiger partial charge in [0.1, 0.15) is 0 Å². The van der Waals surface area contributed by atoms with Gasteiger partial charge in [-0.1, -0.05) is 6.08 Å². The van der Waals surface area contributed by atoms with Crippen molar-refractivity contribution in [1.29, 1.82) is 0 Å². The maximum Gasteiger partial charge on any atom is 0.355 e. The Labute approximate surface area is 48.8 Å². The molecule has 8 heavy (non-hydrogen) atoms. The van der Waals surface area contributed by atoms with Gasteiger partial charge in [0, 0.05) is 0 Å². The third-order valence-electron chi connectivity index (χ3n) is 0.789. The van der Waals surface area contributed by atoms with Crippen molar-refractivity contribution in [2.75, 3.05) is 0 Å². The Morgan fingerprint density at radius 3 is 2.62 bits per heavy atom. The van der Waals surface area contributed by atoms with E-state index in [9.17, 15) is 9.90 Å². The van der Waals surface area contributed by atoms with E-state index in [4.69, 9.17) is 0 Å². The first-order valence-electron chi connectivity index (χ1n) is 2.58. The highest BCUT2D eigenvalue weighted by Gasteiger charge is 1.95. The predicted molar refractivity (Wildman–Crippen MR) is 29.7 cm³/mol. The minimum absolute atomic E-state index is 0.145. The van der Waals surface area contributed by atoms with Gasteiger partial charge < -0.3 is 0 Å². The average molecular weight is 113 g/mol. The van der Waals surface area contributed by atoms with Crippen LogP contribution in [0.2, 0.25) is 0 Å². The van der Waals surface area contributed by atoms with Crippen LogP contribution < -0.4 is 0 Å². The van der Waals surface area contributed by atoms with E-state index < -0.39 is 5.97 Å². The van der Waals surface area contributed by atoms with Crippen molar-refractivity contribution in [2.45, 2.75) is 19.3 Å². The summed E-state index contributed by atoms with van der Waals surface area (Å²) in [5.74, 6) is -0.980. The largest absolute Gasteiger partial charge is 0.355 e. The van der Waals surface area contributed by atoms with Crippen LogP contribution in [0.1, 0.15) is 19.3 Å². The van der Waals surface area contributed by atoms with E-state index in [1.54, 1.807) is 6.08 Å². The van der Waals surface area contributed by atoms with Gasteiger partial charge >= 0.3 is 5.97 Å². The van der Waals surface area contributed by atoms with Crippen molar-refractivity contribution in [3.05, 3.63) is 12.7 Å². The summed E-state index contributed by atoms with van der Waals surface area (Å²) in [6.07, 6.45) is 3.24. The van der Waals surface area contributed by atoms with Crippen LogP contribution in [0.25, 0.3) is 0 Å². The summed E-state index contributed by atoms with van der Waals surface area (Å²) in [5.41, 5.74) is 0. The van der Waals surface area contributed by atoms with Crippen LogP contribution in [-0.4, -0.2) is 5.97 Å². The molecule has 0 spiro atoms. The number of allylic oxidation sites excluding steroid dienone is 1. The molecule has 1 radical (unpaired) electrons. The van der Waals surface area contributed by atoms with Gasteiger partial charge in [-0.2, -0.15) is 0 Å². The molecule has 0 saturated heterocycles. The van der Waals surface area contributed by atoms with Crippen molar-refractivity contribution in [1.82, 2.24) is 0 Å². The van der Waals surface area contributed by atoms with Crippen molar-refractivity contribution in [3.8, 4) is 0 Å². The minimum Gasteiger partial charge on any atom is -0.247 e. The summed E-state index contributed by atoms with van der Waals surface area (Å²) in [7, 11) is 0. The van der Waals surface area contributed by atoms with Gasteiger partial charge in [-0.25, -0.2) is 9.90 Å². The molecule has 2 nitrogen and oxygen atoms in total. The zero-order valence-electron chi connectivity index (χ0n) is 4.72. The summed E-state index contributed by atoms with van der Waals surface area (Å²) in [5, 5.41) is 9.73. The third kappa shape index (κ3) is 5.21. The SMILES string of the molecule is C=CCCCC([O])=O. The summed E-state index contributed by atoms with van der Waals surface area (Å²) < 4.78 is 0. The Balaban J connectivity index is 2.93. The summed E-state index contributed by atoms with van der Waals surface area (Å²) in [6.45, 7) is 3.44. The Morgan fingerprint density at radius 2 is 2.25 bits per heavy atom. The molecule has 0 atom stereocenters. The van der Waals surface area contributed by atoms with Crippen LogP contribution in [-0.2, 0) is 9.90 Å². The number of unbranched alkanes of at least 4 members (excludes halogenated alkanes) is 1. The molecule has 0 aromatic rings. The lowest BCUT2D eigenvalue weighted by Gasteiger charge is -1.84. The topological polar surface area (TPSA) is 37.0 Å². The fourth-order valence-electron chi connectivity index (χ4n) is 0.391. The predicted octanol–water partition coefficient (Wildman–Crippen LogP) is 1.30. The van der Waals surface area contributed by atoms with E-state index in [0.717, 1.165) is 6.42 Å². The Hall–Kier alpha value is -0.790. The quantitative estimate of drug-likeness (QED) is 0.400. The third-order valence-corrected chi connectivity index (χ3v) is 0.789. The first-order valence-corrected chi connectivity index (χ1v) is 2.58. The van der Waals surface area contributed by atoms with E-state index in [0.29, 0.717) is 6.42 Å². The van der Waals surface area contributed by atoms with Crippen LogP contribution in [0, 0.1) is 0 Å². The standard InChI is InChI=1S/C6H9O2/c1-2-3-4-5-6(7)8/h2H,1,3-5H2. The van der Waals surface area contributed by atoms with Crippen LogP contribution in [0.15, 0.2) is 12.7 Å². The molecule has 0 heterocycles. The highest BCUT2D eigenvalue weighted by Crippen LogP contribution is 1.94. The first kappa shape index (κ1) is 7.21. The average Bonchev–Trinajstić information content (AvgIpc) is 1.66. The lowest BCUT2D eigenvalue weighted by Crippen LogP contribution is -1.89. The Morgan fingerprint density at radius 1 is 1.62 bits per heavy atom. The van der Waals surface area contributed by atoms with E-state index in [2.05, 4.69) is 6.58 Å². The normalized spacial score (nSPS) is 8.50. The Bertz CT molecular complexity index is 86.5. The second-order valence-electron chi connectivity index (χ2n) is 1.55. The molecule has 0 aliphatic heterocycles. The Kier molecular flexibility index (Phi) is 3.94. The number of hydrogen-bond donors (Lipinski definition) is 0. The zero-order valence-corrected chi connectivity index (χ0v) is 4.72. The van der Waals surface area contributed by atoms with Crippen LogP contribution in [0.4, 0.5) is 0 Å². The molecule has 0 bridgehead atoms. The van der Waals surface area contributed by atoms with Crippen LogP contribution in [0.3, 0.4) is 0 Å². The number of rotatable bonds is 4. The van der Waals surface area contributed by atoms with Gasteiger partial charge in [0.05, 0.1) is 6.42 Å². The van der Waals surface area contributed by atoms with Crippen molar-refractivity contribution < 1.29 is 9.90 Å². The summed E-state index contributed by atoms with van der Waals surface area (Å²) in [4.78, 5) is 9.73. The van der Waals surface area contributed by atoms with Gasteiger partial charge in [-0.15, -0.1) is 6.58 Å². The van der Waals surface area contributed by atoms with Crippen molar-refractivity contribution in [3.63, 3.8) is 0 Å². The van der Waals surface area contributed by atoms with Gasteiger partial charge in [-0.3, -0.25) is 0 Å². The van der Waals surface area contributed by atoms with Crippen LogP contribution in [0.5, 0.6) is 0 Å². The van der Waals surface area contributed by atoms with Gasteiger partial charge in [-0.05, 0) is 12.8 Å².